The molecule has 0 aliphatic rings. The van der Waals surface area contributed by atoms with Crippen molar-refractivity contribution in [3.8, 4) is 0 Å². The Morgan fingerprint density at radius 3 is 1.71 bits per heavy atom. The Balaban J connectivity index is 2.17. The molecule has 0 saturated carbocycles. The topological polar surface area (TPSA) is 120 Å². The molecule has 2 aromatic rings. The van der Waals surface area contributed by atoms with Gasteiger partial charge in [-0.2, -0.15) is 19.0 Å². The van der Waals surface area contributed by atoms with E-state index in [0.29, 0.717) is 5.69 Å². The quantitative estimate of drug-likeness (QED) is 0.552. The van der Waals surface area contributed by atoms with Crippen LogP contribution < -0.4 is 0 Å². The lowest BCUT2D eigenvalue weighted by molar-refractivity contribution is 0.0564. The van der Waals surface area contributed by atoms with Crippen molar-refractivity contribution >= 4 is 24.9 Å². The minimum Gasteiger partial charge on any atom is -0.478 e. The van der Waals surface area contributed by atoms with E-state index in [1.54, 1.807) is 0 Å². The number of hydrogen-bond donors (Lipinski definition) is 3. The predicted octanol–water partition coefficient (Wildman–Crippen LogP) is 4.03. The fourth-order valence-corrected chi connectivity index (χ4v) is 2.17. The van der Waals surface area contributed by atoms with Crippen LogP contribution in [0.1, 0.15) is 15.9 Å². The molecule has 24 heavy (non-hydrogen) atoms. The van der Waals surface area contributed by atoms with Gasteiger partial charge < -0.3 is 14.9 Å². The van der Waals surface area contributed by atoms with E-state index >= 15 is 0 Å². The molecule has 0 aromatic heterocycles. The summed E-state index contributed by atoms with van der Waals surface area (Å²) in [6, 6.07) is 9.47. The van der Waals surface area contributed by atoms with E-state index in [1.165, 1.54) is 24.3 Å². The van der Waals surface area contributed by atoms with Crippen LogP contribution in [0, 0.1) is 0 Å². The van der Waals surface area contributed by atoms with Crippen molar-refractivity contribution < 1.29 is 33.0 Å². The fourth-order valence-electron chi connectivity index (χ4n) is 1.68. The Labute approximate surface area is 134 Å². The second-order valence-electron chi connectivity index (χ2n) is 4.68. The Kier molecular flexibility index (Phi) is 4.88. The molecule has 2 aromatic carbocycles. The molecule has 0 unspecified atom stereocenters. The molecule has 0 aliphatic heterocycles. The molecule has 0 saturated heterocycles. The van der Waals surface area contributed by atoms with Gasteiger partial charge in [0.25, 0.3) is 0 Å². The van der Waals surface area contributed by atoms with Crippen LogP contribution in [0.2, 0.25) is 0 Å². The molecule has 0 radical (unpaired) electrons. The highest BCUT2D eigenvalue weighted by Gasteiger charge is 2.50. The maximum atomic E-state index is 13.5. The first-order valence-corrected chi connectivity index (χ1v) is 8.01. The summed E-state index contributed by atoms with van der Waals surface area (Å²) in [5, 5.41) is 16.3. The Morgan fingerprint density at radius 1 is 0.917 bits per heavy atom. The third kappa shape index (κ3) is 3.88. The summed E-state index contributed by atoms with van der Waals surface area (Å²) in [6.07, 6.45) is 0. The first-order chi connectivity index (χ1) is 11.1. The number of carboxylic acids is 1. The summed E-state index contributed by atoms with van der Waals surface area (Å²) < 4.78 is 37.8. The van der Waals surface area contributed by atoms with Gasteiger partial charge in [-0.25, -0.2) is 4.79 Å². The highest BCUT2D eigenvalue weighted by Crippen LogP contribution is 2.59. The third-order valence-electron chi connectivity index (χ3n) is 2.98. The van der Waals surface area contributed by atoms with Crippen LogP contribution in [0.5, 0.6) is 0 Å². The molecule has 0 fully saturated rings. The number of nitrogens with zero attached hydrogens (tertiary/aromatic N) is 2. The van der Waals surface area contributed by atoms with Crippen LogP contribution in [0.25, 0.3) is 0 Å². The zero-order chi connectivity index (χ0) is 18.0. The number of carbonyl (C=O) groups is 1. The van der Waals surface area contributed by atoms with E-state index in [0.717, 1.165) is 24.3 Å². The number of rotatable bonds is 5. The smallest absolute Gasteiger partial charge is 0.399 e. The van der Waals surface area contributed by atoms with Gasteiger partial charge >= 0.3 is 19.2 Å². The monoisotopic (exact) mass is 356 g/mol. The van der Waals surface area contributed by atoms with Crippen molar-refractivity contribution in [1.82, 2.24) is 0 Å². The molecule has 0 bridgehead atoms. The maximum Gasteiger partial charge on any atom is 0.399 e. The molecule has 0 atom stereocenters. The third-order valence-corrected chi connectivity index (χ3v) is 3.97. The van der Waals surface area contributed by atoms with E-state index < -0.39 is 24.8 Å². The number of halogens is 2. The molecule has 10 heteroatoms. The second-order valence-corrected chi connectivity index (χ2v) is 6.33. The minimum absolute atomic E-state index is 0.0815. The zero-order valence-corrected chi connectivity index (χ0v) is 12.8. The van der Waals surface area contributed by atoms with E-state index in [4.69, 9.17) is 14.9 Å². The first-order valence-electron chi connectivity index (χ1n) is 6.40. The van der Waals surface area contributed by atoms with Gasteiger partial charge in [-0.3, -0.25) is 4.57 Å². The average molecular weight is 356 g/mol. The summed E-state index contributed by atoms with van der Waals surface area (Å²) in [5.74, 6) is -1.08. The molecule has 126 valence electrons. The fraction of sp³-hybridized carbons (Fsp3) is 0.0714. The van der Waals surface area contributed by atoms with Crippen molar-refractivity contribution in [2.45, 2.75) is 5.66 Å². The summed E-state index contributed by atoms with van der Waals surface area (Å²) >= 11 is 0. The van der Waals surface area contributed by atoms with Crippen LogP contribution in [0.3, 0.4) is 0 Å². The van der Waals surface area contributed by atoms with Crippen molar-refractivity contribution in [3.05, 3.63) is 59.7 Å². The highest BCUT2D eigenvalue weighted by molar-refractivity contribution is 7.52. The number of azo groups is 1. The lowest BCUT2D eigenvalue weighted by atomic mass is 10.2. The lowest BCUT2D eigenvalue weighted by Crippen LogP contribution is -2.13. The van der Waals surface area contributed by atoms with Crippen LogP contribution in [-0.4, -0.2) is 20.9 Å². The van der Waals surface area contributed by atoms with Gasteiger partial charge in [-0.1, -0.05) is 12.1 Å². The standard InChI is InChI=1S/C14H11F2N2O5P/c15-14(16,24(21,22)23)10-3-7-12(8-4-10)18-17-11-5-1-9(2-6-11)13(19)20/h1-8H,(H,19,20)(H2,21,22,23). The number of benzene rings is 2. The van der Waals surface area contributed by atoms with Gasteiger partial charge in [0, 0.05) is 5.56 Å². The van der Waals surface area contributed by atoms with Crippen molar-refractivity contribution in [1.29, 1.82) is 0 Å². The van der Waals surface area contributed by atoms with E-state index in [9.17, 15) is 18.1 Å². The average Bonchev–Trinajstić information content (AvgIpc) is 2.52. The van der Waals surface area contributed by atoms with Crippen molar-refractivity contribution in [3.63, 3.8) is 0 Å². The summed E-state index contributed by atoms with van der Waals surface area (Å²) in [6.45, 7) is 0. The van der Waals surface area contributed by atoms with E-state index in [-0.39, 0.29) is 11.3 Å². The molecule has 0 heterocycles. The van der Waals surface area contributed by atoms with Gasteiger partial charge in [0.2, 0.25) is 0 Å². The van der Waals surface area contributed by atoms with Gasteiger partial charge in [-0.15, -0.1) is 0 Å². The van der Waals surface area contributed by atoms with Crippen LogP contribution in [0.15, 0.2) is 58.8 Å². The highest BCUT2D eigenvalue weighted by atomic mass is 31.2. The van der Waals surface area contributed by atoms with Gasteiger partial charge in [0.1, 0.15) is 0 Å². The van der Waals surface area contributed by atoms with Crippen LogP contribution in [-0.2, 0) is 10.2 Å². The molecule has 7 nitrogen and oxygen atoms in total. The van der Waals surface area contributed by atoms with Crippen LogP contribution >= 0.6 is 7.60 Å². The normalized spacial score (nSPS) is 12.5. The van der Waals surface area contributed by atoms with Gasteiger partial charge in [-0.05, 0) is 36.4 Å². The van der Waals surface area contributed by atoms with Crippen LogP contribution in [0.4, 0.5) is 20.2 Å². The Morgan fingerprint density at radius 2 is 1.33 bits per heavy atom. The van der Waals surface area contributed by atoms with E-state index in [1.807, 2.05) is 0 Å². The Bertz CT molecular complexity index is 816. The minimum atomic E-state index is -5.62. The molecule has 0 spiro atoms. The molecule has 3 N–H and O–H groups in total. The molecular weight excluding hydrogens is 345 g/mol. The van der Waals surface area contributed by atoms with E-state index in [2.05, 4.69) is 10.2 Å². The second kappa shape index (κ2) is 6.56. The van der Waals surface area contributed by atoms with Gasteiger partial charge in [0.15, 0.2) is 0 Å². The molecule has 2 rings (SSSR count). The summed E-state index contributed by atoms with van der Waals surface area (Å²) in [7, 11) is -5.62. The maximum absolute atomic E-state index is 13.5. The van der Waals surface area contributed by atoms with Crippen molar-refractivity contribution in [2.24, 2.45) is 10.2 Å². The Hall–Kier alpha value is -2.48. The molecular formula is C14H11F2N2O5P. The first kappa shape index (κ1) is 17.9. The summed E-state index contributed by atoms with van der Waals surface area (Å²) in [4.78, 5) is 28.0. The number of hydrogen-bond acceptors (Lipinski definition) is 4. The largest absolute Gasteiger partial charge is 0.478 e. The van der Waals surface area contributed by atoms with Gasteiger partial charge in [0.05, 0.1) is 16.9 Å². The zero-order valence-electron chi connectivity index (χ0n) is 11.9. The predicted molar refractivity (Wildman–Crippen MR) is 80.0 cm³/mol. The number of alkyl halides is 2. The SMILES string of the molecule is O=C(O)c1ccc(N=Nc2ccc(C(F)(F)P(=O)(O)O)cc2)cc1. The van der Waals surface area contributed by atoms with Crippen molar-refractivity contribution in [2.75, 3.05) is 0 Å². The molecule has 0 amide bonds. The lowest BCUT2D eigenvalue weighted by Gasteiger charge is -2.17. The number of carboxylic acid groups (broad SMARTS) is 1. The molecule has 0 aliphatic carbocycles. The number of aromatic carboxylic acids is 1. The summed E-state index contributed by atoms with van der Waals surface area (Å²) in [5.41, 5.74) is -4.50.